The van der Waals surface area contributed by atoms with Gasteiger partial charge in [-0.2, -0.15) is 0 Å². The van der Waals surface area contributed by atoms with Crippen molar-refractivity contribution in [3.05, 3.63) is 50.6 Å². The van der Waals surface area contributed by atoms with Gasteiger partial charge in [0.15, 0.2) is 0 Å². The first-order valence-corrected chi connectivity index (χ1v) is 4.26. The molecule has 0 radical (unpaired) electrons. The van der Waals surface area contributed by atoms with Crippen LogP contribution in [0.1, 0.15) is 0 Å². The van der Waals surface area contributed by atoms with Crippen LogP contribution in [0.4, 0.5) is 0 Å². The summed E-state index contributed by atoms with van der Waals surface area (Å²) < 4.78 is 10.7. The van der Waals surface area contributed by atoms with Crippen LogP contribution in [0.3, 0.4) is 0 Å². The molecule has 0 unspecified atom stereocenters. The standard InChI is InChI=1S/C12H18O2/c1-7-11(8-2,13-5)12(9-3,10-4)14-6/h7-10H,1-4H2,5-6H3. The van der Waals surface area contributed by atoms with Gasteiger partial charge in [0.2, 0.25) is 0 Å². The van der Waals surface area contributed by atoms with Gasteiger partial charge >= 0.3 is 0 Å². The molecule has 0 spiro atoms. The van der Waals surface area contributed by atoms with E-state index in [-0.39, 0.29) is 0 Å². The highest BCUT2D eigenvalue weighted by Gasteiger charge is 2.44. The molecule has 0 heterocycles. The fraction of sp³-hybridized carbons (Fsp3) is 0.333. The normalized spacial score (nSPS) is 11.9. The molecule has 78 valence electrons. The number of hydrogen-bond donors (Lipinski definition) is 0. The van der Waals surface area contributed by atoms with Crippen molar-refractivity contribution in [2.45, 2.75) is 11.2 Å². The summed E-state index contributed by atoms with van der Waals surface area (Å²) in [6.07, 6.45) is 6.47. The second kappa shape index (κ2) is 4.94. The zero-order valence-electron chi connectivity index (χ0n) is 8.95. The predicted molar refractivity (Wildman–Crippen MR) is 60.3 cm³/mol. The summed E-state index contributed by atoms with van der Waals surface area (Å²) in [7, 11) is 3.12. The van der Waals surface area contributed by atoms with E-state index in [1.807, 2.05) is 0 Å². The average Bonchev–Trinajstić information content (AvgIpc) is 2.27. The van der Waals surface area contributed by atoms with Crippen molar-refractivity contribution >= 4 is 0 Å². The van der Waals surface area contributed by atoms with E-state index < -0.39 is 11.2 Å². The Kier molecular flexibility index (Phi) is 4.54. The number of hydrogen-bond acceptors (Lipinski definition) is 2. The van der Waals surface area contributed by atoms with Crippen LogP contribution < -0.4 is 0 Å². The maximum absolute atomic E-state index is 5.37. The summed E-state index contributed by atoms with van der Waals surface area (Å²) in [5.74, 6) is 0. The number of ether oxygens (including phenoxy) is 2. The summed E-state index contributed by atoms with van der Waals surface area (Å²) in [4.78, 5) is 0. The van der Waals surface area contributed by atoms with Crippen LogP contribution in [-0.2, 0) is 9.47 Å². The van der Waals surface area contributed by atoms with E-state index in [0.717, 1.165) is 0 Å². The largest absolute Gasteiger partial charge is 0.366 e. The molecule has 0 aliphatic rings. The zero-order chi connectivity index (χ0) is 11.2. The Hall–Kier alpha value is -1.12. The molecule has 0 aromatic rings. The third kappa shape index (κ3) is 1.59. The fourth-order valence-electron chi connectivity index (χ4n) is 1.46. The molecule has 0 saturated heterocycles. The van der Waals surface area contributed by atoms with Crippen molar-refractivity contribution in [3.8, 4) is 0 Å². The molecule has 0 bridgehead atoms. The first-order valence-electron chi connectivity index (χ1n) is 4.26. The zero-order valence-corrected chi connectivity index (χ0v) is 8.95. The van der Waals surface area contributed by atoms with E-state index in [1.54, 1.807) is 38.5 Å². The topological polar surface area (TPSA) is 18.5 Å². The summed E-state index contributed by atoms with van der Waals surface area (Å²) in [6, 6.07) is 0. The molecule has 14 heavy (non-hydrogen) atoms. The molecule has 0 N–H and O–H groups in total. The molecule has 2 heteroatoms. The van der Waals surface area contributed by atoms with Crippen LogP contribution in [0.25, 0.3) is 0 Å². The van der Waals surface area contributed by atoms with Gasteiger partial charge in [0, 0.05) is 14.2 Å². The van der Waals surface area contributed by atoms with Crippen LogP contribution in [-0.4, -0.2) is 25.4 Å². The van der Waals surface area contributed by atoms with Gasteiger partial charge < -0.3 is 9.47 Å². The van der Waals surface area contributed by atoms with Gasteiger partial charge in [-0.25, -0.2) is 0 Å². The Bertz CT molecular complexity index is 199. The molecule has 0 aromatic carbocycles. The summed E-state index contributed by atoms with van der Waals surface area (Å²) in [5.41, 5.74) is -1.68. The molecule has 0 aliphatic carbocycles. The van der Waals surface area contributed by atoms with Gasteiger partial charge in [-0.3, -0.25) is 0 Å². The second-order valence-electron chi connectivity index (χ2n) is 2.81. The van der Waals surface area contributed by atoms with Crippen molar-refractivity contribution < 1.29 is 9.47 Å². The quantitative estimate of drug-likeness (QED) is 0.580. The lowest BCUT2D eigenvalue weighted by molar-refractivity contribution is -0.0789. The molecule has 0 aliphatic heterocycles. The van der Waals surface area contributed by atoms with Crippen molar-refractivity contribution in [3.63, 3.8) is 0 Å². The van der Waals surface area contributed by atoms with Crippen LogP contribution in [0.15, 0.2) is 50.6 Å². The van der Waals surface area contributed by atoms with Crippen molar-refractivity contribution in [1.82, 2.24) is 0 Å². The van der Waals surface area contributed by atoms with Gasteiger partial charge in [-0.1, -0.05) is 50.6 Å². The maximum Gasteiger partial charge on any atom is 0.139 e. The Morgan fingerprint density at radius 1 is 0.714 bits per heavy atom. The average molecular weight is 194 g/mol. The first kappa shape index (κ1) is 12.9. The lowest BCUT2D eigenvalue weighted by atomic mass is 9.82. The Morgan fingerprint density at radius 2 is 0.929 bits per heavy atom. The van der Waals surface area contributed by atoms with Gasteiger partial charge in [-0.05, 0) is 0 Å². The van der Waals surface area contributed by atoms with Crippen LogP contribution in [0.2, 0.25) is 0 Å². The molecule has 0 amide bonds. The van der Waals surface area contributed by atoms with Crippen LogP contribution >= 0.6 is 0 Å². The van der Waals surface area contributed by atoms with E-state index in [2.05, 4.69) is 26.3 Å². The summed E-state index contributed by atoms with van der Waals surface area (Å²) >= 11 is 0. The molecule has 0 saturated carbocycles. The van der Waals surface area contributed by atoms with Crippen LogP contribution in [0.5, 0.6) is 0 Å². The van der Waals surface area contributed by atoms with E-state index in [4.69, 9.17) is 9.47 Å². The van der Waals surface area contributed by atoms with Gasteiger partial charge in [0.25, 0.3) is 0 Å². The predicted octanol–water partition coefficient (Wildman–Crippen LogP) is 2.50. The third-order valence-corrected chi connectivity index (χ3v) is 2.50. The SMILES string of the molecule is C=CC(C=C)(OC)C(C=C)(C=C)OC. The Labute approximate surface area is 86.2 Å². The lowest BCUT2D eigenvalue weighted by Gasteiger charge is -2.41. The molecular formula is C12H18O2. The van der Waals surface area contributed by atoms with E-state index in [1.165, 1.54) is 0 Å². The molecule has 0 fully saturated rings. The number of methoxy groups -OCH3 is 2. The maximum atomic E-state index is 5.37. The van der Waals surface area contributed by atoms with Crippen molar-refractivity contribution in [1.29, 1.82) is 0 Å². The van der Waals surface area contributed by atoms with Crippen molar-refractivity contribution in [2.75, 3.05) is 14.2 Å². The van der Waals surface area contributed by atoms with Gasteiger partial charge in [0.05, 0.1) is 0 Å². The fourth-order valence-corrected chi connectivity index (χ4v) is 1.46. The molecule has 0 aromatic heterocycles. The third-order valence-electron chi connectivity index (χ3n) is 2.50. The van der Waals surface area contributed by atoms with Crippen LogP contribution in [0, 0.1) is 0 Å². The van der Waals surface area contributed by atoms with E-state index in [9.17, 15) is 0 Å². The van der Waals surface area contributed by atoms with E-state index in [0.29, 0.717) is 0 Å². The highest BCUT2D eigenvalue weighted by atomic mass is 16.5. The summed E-state index contributed by atoms with van der Waals surface area (Å²) in [6.45, 7) is 14.9. The Morgan fingerprint density at radius 3 is 1.00 bits per heavy atom. The molecular weight excluding hydrogens is 176 g/mol. The number of rotatable bonds is 7. The molecule has 0 atom stereocenters. The monoisotopic (exact) mass is 194 g/mol. The van der Waals surface area contributed by atoms with Gasteiger partial charge in [0.1, 0.15) is 11.2 Å². The minimum Gasteiger partial charge on any atom is -0.366 e. The molecule has 2 nitrogen and oxygen atoms in total. The van der Waals surface area contributed by atoms with E-state index >= 15 is 0 Å². The second-order valence-corrected chi connectivity index (χ2v) is 2.81. The highest BCUT2D eigenvalue weighted by molar-refractivity contribution is 5.32. The lowest BCUT2D eigenvalue weighted by Crippen LogP contribution is -2.51. The highest BCUT2D eigenvalue weighted by Crippen LogP contribution is 2.33. The Balaban J connectivity index is 5.52. The van der Waals surface area contributed by atoms with Gasteiger partial charge in [-0.15, -0.1) is 0 Å². The first-order chi connectivity index (χ1) is 6.61. The van der Waals surface area contributed by atoms with Crippen molar-refractivity contribution in [2.24, 2.45) is 0 Å². The minimum atomic E-state index is -0.842. The summed E-state index contributed by atoms with van der Waals surface area (Å²) in [5, 5.41) is 0. The minimum absolute atomic E-state index is 0.842. The molecule has 0 rings (SSSR count). The smallest absolute Gasteiger partial charge is 0.139 e.